The van der Waals surface area contributed by atoms with Crippen molar-refractivity contribution in [3.05, 3.63) is 11.1 Å². The Morgan fingerprint density at radius 2 is 2.57 bits per heavy atom. The summed E-state index contributed by atoms with van der Waals surface area (Å²) in [7, 11) is 0. The van der Waals surface area contributed by atoms with Gasteiger partial charge in [0.15, 0.2) is 5.13 Å². The van der Waals surface area contributed by atoms with Gasteiger partial charge in [-0.3, -0.25) is 4.79 Å². The second-order valence-corrected chi connectivity index (χ2v) is 4.54. The smallest absolute Gasteiger partial charge is 0.309 e. The van der Waals surface area contributed by atoms with Crippen LogP contribution in [0.5, 0.6) is 0 Å². The Morgan fingerprint density at radius 3 is 3.14 bits per heavy atom. The van der Waals surface area contributed by atoms with E-state index in [4.69, 9.17) is 5.11 Å². The molecule has 1 fully saturated rings. The Bertz CT molecular complexity index is 350. The predicted octanol–water partition coefficient (Wildman–Crippen LogP) is 1.59. The molecule has 14 heavy (non-hydrogen) atoms. The second kappa shape index (κ2) is 3.57. The molecule has 2 N–H and O–H groups in total. The first-order valence-electron chi connectivity index (χ1n) is 4.58. The summed E-state index contributed by atoms with van der Waals surface area (Å²) in [5, 5.41) is 14.5. The number of anilines is 1. The monoisotopic (exact) mass is 212 g/mol. The van der Waals surface area contributed by atoms with Crippen molar-refractivity contribution in [3.8, 4) is 0 Å². The SMILES string of the molecule is C[C@H]1C[C@H]1Nc1nc(CC(=O)O)cs1. The van der Waals surface area contributed by atoms with Gasteiger partial charge in [-0.2, -0.15) is 0 Å². The number of hydrogen-bond acceptors (Lipinski definition) is 4. The van der Waals surface area contributed by atoms with E-state index in [-0.39, 0.29) is 6.42 Å². The number of nitrogens with one attached hydrogen (secondary N) is 1. The number of rotatable bonds is 4. The van der Waals surface area contributed by atoms with Crippen molar-refractivity contribution in [1.82, 2.24) is 4.98 Å². The summed E-state index contributed by atoms with van der Waals surface area (Å²) in [6.07, 6.45) is 1.20. The van der Waals surface area contributed by atoms with Gasteiger partial charge in [0.25, 0.3) is 0 Å². The molecule has 0 radical (unpaired) electrons. The molecule has 2 atom stereocenters. The topological polar surface area (TPSA) is 62.2 Å². The van der Waals surface area contributed by atoms with Gasteiger partial charge in [0.05, 0.1) is 12.1 Å². The van der Waals surface area contributed by atoms with Gasteiger partial charge in [-0.1, -0.05) is 6.92 Å². The molecular formula is C9H12N2O2S. The van der Waals surface area contributed by atoms with E-state index in [0.29, 0.717) is 11.7 Å². The van der Waals surface area contributed by atoms with E-state index < -0.39 is 5.97 Å². The first kappa shape index (κ1) is 9.45. The lowest BCUT2D eigenvalue weighted by atomic mass is 10.3. The molecule has 1 aromatic heterocycles. The van der Waals surface area contributed by atoms with Gasteiger partial charge in [0, 0.05) is 11.4 Å². The van der Waals surface area contributed by atoms with Crippen molar-refractivity contribution in [3.63, 3.8) is 0 Å². The van der Waals surface area contributed by atoms with E-state index in [0.717, 1.165) is 11.0 Å². The molecule has 0 unspecified atom stereocenters. The third-order valence-corrected chi connectivity index (χ3v) is 3.12. The summed E-state index contributed by atoms with van der Waals surface area (Å²) >= 11 is 1.48. The maximum absolute atomic E-state index is 10.4. The number of aliphatic carboxylic acids is 1. The molecule has 4 nitrogen and oxygen atoms in total. The van der Waals surface area contributed by atoms with Gasteiger partial charge in [-0.05, 0) is 12.3 Å². The lowest BCUT2D eigenvalue weighted by Gasteiger charge is -1.97. The number of nitrogens with zero attached hydrogens (tertiary/aromatic N) is 1. The molecule has 1 aromatic rings. The standard InChI is InChI=1S/C9H12N2O2S/c1-5-2-7(5)11-9-10-6(4-14-9)3-8(12)13/h4-5,7H,2-3H2,1H3,(H,10,11)(H,12,13)/t5-,7+/m0/s1. The van der Waals surface area contributed by atoms with Crippen LogP contribution in [0.4, 0.5) is 5.13 Å². The lowest BCUT2D eigenvalue weighted by molar-refractivity contribution is -0.136. The molecule has 1 saturated carbocycles. The average molecular weight is 212 g/mol. The van der Waals surface area contributed by atoms with E-state index >= 15 is 0 Å². The molecule has 1 aliphatic carbocycles. The molecule has 0 aromatic carbocycles. The molecule has 0 aliphatic heterocycles. The average Bonchev–Trinajstić information content (AvgIpc) is 2.60. The van der Waals surface area contributed by atoms with Crippen LogP contribution in [0.1, 0.15) is 19.0 Å². The predicted molar refractivity (Wildman–Crippen MR) is 54.6 cm³/mol. The third kappa shape index (κ3) is 2.23. The normalized spacial score (nSPS) is 24.6. The largest absolute Gasteiger partial charge is 0.481 e. The number of aromatic nitrogens is 1. The van der Waals surface area contributed by atoms with Gasteiger partial charge in [0.1, 0.15) is 0 Å². The van der Waals surface area contributed by atoms with Crippen molar-refractivity contribution >= 4 is 22.4 Å². The highest BCUT2D eigenvalue weighted by Crippen LogP contribution is 2.33. The van der Waals surface area contributed by atoms with Gasteiger partial charge in [-0.15, -0.1) is 11.3 Å². The first-order valence-corrected chi connectivity index (χ1v) is 5.46. The van der Waals surface area contributed by atoms with Crippen LogP contribution in [0.2, 0.25) is 0 Å². The first-order chi connectivity index (χ1) is 6.65. The number of carboxylic acid groups (broad SMARTS) is 1. The molecule has 0 amide bonds. The van der Waals surface area contributed by atoms with Crippen LogP contribution in [0, 0.1) is 5.92 Å². The summed E-state index contributed by atoms with van der Waals surface area (Å²) in [4.78, 5) is 14.6. The third-order valence-electron chi connectivity index (χ3n) is 2.30. The summed E-state index contributed by atoms with van der Waals surface area (Å²) in [5.74, 6) is -0.108. The van der Waals surface area contributed by atoms with Gasteiger partial charge in [0.2, 0.25) is 0 Å². The van der Waals surface area contributed by atoms with Crippen LogP contribution >= 0.6 is 11.3 Å². The highest BCUT2D eigenvalue weighted by molar-refractivity contribution is 7.13. The van der Waals surface area contributed by atoms with Crippen molar-refractivity contribution in [1.29, 1.82) is 0 Å². The zero-order chi connectivity index (χ0) is 10.1. The molecule has 1 aliphatic rings. The second-order valence-electron chi connectivity index (χ2n) is 3.68. The number of thiazole rings is 1. The fourth-order valence-corrected chi connectivity index (χ4v) is 2.06. The Hall–Kier alpha value is -1.10. The van der Waals surface area contributed by atoms with Gasteiger partial charge in [-0.25, -0.2) is 4.98 Å². The van der Waals surface area contributed by atoms with Crippen molar-refractivity contribution in [2.24, 2.45) is 5.92 Å². The molecule has 0 spiro atoms. The highest BCUT2D eigenvalue weighted by atomic mass is 32.1. The fourth-order valence-electron chi connectivity index (χ4n) is 1.29. The number of carbonyl (C=O) groups is 1. The maximum atomic E-state index is 10.4. The Morgan fingerprint density at radius 1 is 1.86 bits per heavy atom. The van der Waals surface area contributed by atoms with E-state index in [1.807, 2.05) is 0 Å². The van der Waals surface area contributed by atoms with Crippen LogP contribution < -0.4 is 5.32 Å². The summed E-state index contributed by atoms with van der Waals surface area (Å²) < 4.78 is 0. The van der Waals surface area contributed by atoms with Crippen LogP contribution in [0.25, 0.3) is 0 Å². The molecule has 2 rings (SSSR count). The van der Waals surface area contributed by atoms with Crippen LogP contribution in [-0.2, 0) is 11.2 Å². The Kier molecular flexibility index (Phi) is 2.41. The molecule has 0 saturated heterocycles. The van der Waals surface area contributed by atoms with E-state index in [9.17, 15) is 4.79 Å². The van der Waals surface area contributed by atoms with Crippen LogP contribution in [0.15, 0.2) is 5.38 Å². The Labute approximate surface area is 86.0 Å². The maximum Gasteiger partial charge on any atom is 0.309 e. The molecule has 76 valence electrons. The highest BCUT2D eigenvalue weighted by Gasteiger charge is 2.32. The minimum atomic E-state index is -0.832. The minimum absolute atomic E-state index is 0.0123. The quantitative estimate of drug-likeness (QED) is 0.795. The zero-order valence-corrected chi connectivity index (χ0v) is 8.67. The Balaban J connectivity index is 1.92. The van der Waals surface area contributed by atoms with Crippen molar-refractivity contribution in [2.75, 3.05) is 5.32 Å². The van der Waals surface area contributed by atoms with Gasteiger partial charge >= 0.3 is 5.97 Å². The van der Waals surface area contributed by atoms with E-state index in [1.54, 1.807) is 5.38 Å². The summed E-state index contributed by atoms with van der Waals surface area (Å²) in [6.45, 7) is 2.18. The molecule has 0 bridgehead atoms. The molecule has 1 heterocycles. The van der Waals surface area contributed by atoms with Crippen molar-refractivity contribution in [2.45, 2.75) is 25.8 Å². The fraction of sp³-hybridized carbons (Fsp3) is 0.556. The number of carboxylic acids is 1. The summed E-state index contributed by atoms with van der Waals surface area (Å²) in [5.41, 5.74) is 0.637. The van der Waals surface area contributed by atoms with E-state index in [2.05, 4.69) is 17.2 Å². The van der Waals surface area contributed by atoms with E-state index in [1.165, 1.54) is 17.8 Å². The van der Waals surface area contributed by atoms with Crippen LogP contribution in [0.3, 0.4) is 0 Å². The zero-order valence-electron chi connectivity index (χ0n) is 7.86. The van der Waals surface area contributed by atoms with Crippen LogP contribution in [-0.4, -0.2) is 22.1 Å². The van der Waals surface area contributed by atoms with Gasteiger partial charge < -0.3 is 10.4 Å². The molecular weight excluding hydrogens is 200 g/mol. The minimum Gasteiger partial charge on any atom is -0.481 e. The van der Waals surface area contributed by atoms with Crippen molar-refractivity contribution < 1.29 is 9.90 Å². The summed E-state index contributed by atoms with van der Waals surface area (Å²) in [6, 6.07) is 0.541. The lowest BCUT2D eigenvalue weighted by Crippen LogP contribution is -2.04. The molecule has 5 heteroatoms. The number of hydrogen-bond donors (Lipinski definition) is 2.